The second-order valence-electron chi connectivity index (χ2n) is 23.2. The third-order valence-corrected chi connectivity index (χ3v) is 13.1. The van der Waals surface area contributed by atoms with Crippen LogP contribution >= 0.6 is 23.5 Å². The highest BCUT2D eigenvalue weighted by molar-refractivity contribution is 7.97. The summed E-state index contributed by atoms with van der Waals surface area (Å²) >= 11 is 3.75. The molecule has 4 aromatic rings. The molecule has 332 valence electrons. The van der Waals surface area contributed by atoms with Crippen LogP contribution in [-0.2, 0) is 55.5 Å². The zero-order chi connectivity index (χ0) is 46.1. The first-order chi connectivity index (χ1) is 27.0. The second-order valence-corrected chi connectivity index (χ2v) is 25.2. The Labute approximate surface area is 374 Å². The first-order valence-electron chi connectivity index (χ1n) is 21.6. The number of aryl methyl sites for hydroxylation is 2. The lowest BCUT2D eigenvalue weighted by Gasteiger charge is -2.28. The molecule has 0 amide bonds. The number of hydrogen-bond acceptors (Lipinski definition) is 6. The fraction of sp³-hybridized carbons (Fsp3) is 0.556. The van der Waals surface area contributed by atoms with E-state index in [0.717, 1.165) is 67.5 Å². The van der Waals surface area contributed by atoms with Gasteiger partial charge in [0, 0.05) is 23.0 Å². The summed E-state index contributed by atoms with van der Waals surface area (Å²) in [5.74, 6) is 5.26. The van der Waals surface area contributed by atoms with Gasteiger partial charge in [0.25, 0.3) is 0 Å². The van der Waals surface area contributed by atoms with Crippen molar-refractivity contribution in [1.29, 1.82) is 0 Å². The number of aromatic hydroxyl groups is 4. The van der Waals surface area contributed by atoms with Gasteiger partial charge in [-0.15, -0.1) is 0 Å². The van der Waals surface area contributed by atoms with E-state index in [1.165, 1.54) is 22.3 Å². The molecule has 0 saturated carbocycles. The van der Waals surface area contributed by atoms with E-state index in [2.05, 4.69) is 173 Å². The van der Waals surface area contributed by atoms with Crippen LogP contribution in [0.5, 0.6) is 23.0 Å². The largest absolute Gasteiger partial charge is 0.507 e. The maximum atomic E-state index is 11.0. The monoisotopic (exact) mass is 857 g/mol. The van der Waals surface area contributed by atoms with Crippen molar-refractivity contribution in [2.45, 2.75) is 194 Å². The smallest absolute Gasteiger partial charge is 0.123 e. The molecular formula is C54H80O4S2. The van der Waals surface area contributed by atoms with E-state index in [0.29, 0.717) is 23.0 Å². The number of benzene rings is 4. The molecule has 0 aromatic heterocycles. The molecule has 0 unspecified atom stereocenters. The fourth-order valence-electron chi connectivity index (χ4n) is 7.43. The standard InChI is InChI=1S/C30H46O2S.C24H34O2S/c1-27(2,3)21-13-19(14-22(25(21)31)28(4,5)6)17-33-18-20-15-23(29(7,8)9)26(32)24(16-20)30(10,11)12;1-15-9-17(11-19(21(15)25)23(3,4)5)13-27-14-18-10-16(2)22(26)20(12-18)24(6,7)8/h13-16,31-32H,17-18H2,1-12H3;9-12,25-26H,13-14H2,1-8H3. The molecule has 4 rings (SSSR count). The predicted molar refractivity (Wildman–Crippen MR) is 264 cm³/mol. The fourth-order valence-corrected chi connectivity index (χ4v) is 9.25. The highest BCUT2D eigenvalue weighted by atomic mass is 32.2. The van der Waals surface area contributed by atoms with Gasteiger partial charge in [-0.2, -0.15) is 23.5 Å². The minimum Gasteiger partial charge on any atom is -0.507 e. The molecule has 0 bridgehead atoms. The maximum Gasteiger partial charge on any atom is 0.123 e. The first kappa shape index (κ1) is 51.1. The van der Waals surface area contributed by atoms with E-state index in [-0.39, 0.29) is 32.5 Å². The van der Waals surface area contributed by atoms with Crippen molar-refractivity contribution in [1.82, 2.24) is 0 Å². The van der Waals surface area contributed by atoms with Crippen LogP contribution in [0.4, 0.5) is 0 Å². The molecule has 0 aliphatic carbocycles. The van der Waals surface area contributed by atoms with Gasteiger partial charge in [-0.3, -0.25) is 0 Å². The molecular weight excluding hydrogens is 777 g/mol. The lowest BCUT2D eigenvalue weighted by molar-refractivity contribution is 0.422. The first-order valence-corrected chi connectivity index (χ1v) is 23.9. The average molecular weight is 857 g/mol. The third kappa shape index (κ3) is 13.4. The Morgan fingerprint density at radius 1 is 0.300 bits per heavy atom. The summed E-state index contributed by atoms with van der Waals surface area (Å²) in [5.41, 5.74) is 12.3. The van der Waals surface area contributed by atoms with Gasteiger partial charge >= 0.3 is 0 Å². The molecule has 4 aromatic carbocycles. The van der Waals surface area contributed by atoms with E-state index in [4.69, 9.17) is 0 Å². The average Bonchev–Trinajstić information content (AvgIpc) is 3.06. The van der Waals surface area contributed by atoms with Crippen LogP contribution in [-0.4, -0.2) is 20.4 Å². The van der Waals surface area contributed by atoms with Gasteiger partial charge in [-0.05, 0) is 113 Å². The molecule has 0 radical (unpaired) electrons. The van der Waals surface area contributed by atoms with Crippen molar-refractivity contribution >= 4 is 23.5 Å². The van der Waals surface area contributed by atoms with Gasteiger partial charge in [0.1, 0.15) is 23.0 Å². The lowest BCUT2D eigenvalue weighted by atomic mass is 9.78. The number of thioether (sulfide) groups is 2. The number of hydrogen-bond donors (Lipinski definition) is 4. The molecule has 0 saturated heterocycles. The molecule has 4 N–H and O–H groups in total. The molecule has 0 aliphatic heterocycles. The van der Waals surface area contributed by atoms with Crippen molar-refractivity contribution < 1.29 is 20.4 Å². The lowest BCUT2D eigenvalue weighted by Crippen LogP contribution is -2.18. The summed E-state index contributed by atoms with van der Waals surface area (Å²) < 4.78 is 0. The van der Waals surface area contributed by atoms with Crippen molar-refractivity contribution in [3.8, 4) is 23.0 Å². The molecule has 0 atom stereocenters. The third-order valence-electron chi connectivity index (χ3n) is 11.0. The Bertz CT molecular complexity index is 1900. The van der Waals surface area contributed by atoms with E-state index < -0.39 is 0 Å². The van der Waals surface area contributed by atoms with Crippen LogP contribution in [0.1, 0.15) is 191 Å². The quantitative estimate of drug-likeness (QED) is 0.141. The molecule has 0 aliphatic rings. The van der Waals surface area contributed by atoms with Crippen molar-refractivity contribution in [2.24, 2.45) is 0 Å². The van der Waals surface area contributed by atoms with Crippen LogP contribution in [0, 0.1) is 13.8 Å². The minimum absolute atomic E-state index is 0.0782. The molecule has 0 fully saturated rings. The van der Waals surface area contributed by atoms with Crippen molar-refractivity contribution in [2.75, 3.05) is 0 Å². The molecule has 4 nitrogen and oxygen atoms in total. The van der Waals surface area contributed by atoms with Gasteiger partial charge < -0.3 is 20.4 Å². The Hall–Kier alpha value is -3.22. The van der Waals surface area contributed by atoms with E-state index in [9.17, 15) is 20.4 Å². The summed E-state index contributed by atoms with van der Waals surface area (Å²) in [7, 11) is 0. The van der Waals surface area contributed by atoms with Gasteiger partial charge in [-0.25, -0.2) is 0 Å². The summed E-state index contributed by atoms with van der Waals surface area (Å²) in [6.07, 6.45) is 0. The molecule has 6 heteroatoms. The summed E-state index contributed by atoms with van der Waals surface area (Å²) in [5, 5.41) is 42.8. The van der Waals surface area contributed by atoms with E-state index in [1.54, 1.807) is 0 Å². The SMILES string of the molecule is CC(C)(C)c1cc(CSCc2cc(C(C)(C)C)c(O)c(C(C)(C)C)c2)cc(C(C)(C)C)c1O.Cc1cc(CSCc2cc(C)c(O)c(C(C)(C)C)c2)cc(C(C)(C)C)c1O. The van der Waals surface area contributed by atoms with Crippen LogP contribution in [0.2, 0.25) is 0 Å². The molecule has 0 heterocycles. The van der Waals surface area contributed by atoms with Crippen molar-refractivity contribution in [3.63, 3.8) is 0 Å². The van der Waals surface area contributed by atoms with E-state index in [1.807, 2.05) is 37.4 Å². The van der Waals surface area contributed by atoms with Gasteiger partial charge in [0.2, 0.25) is 0 Å². The van der Waals surface area contributed by atoms with Crippen LogP contribution < -0.4 is 0 Å². The normalized spacial score (nSPS) is 13.0. The molecule has 60 heavy (non-hydrogen) atoms. The summed E-state index contributed by atoms with van der Waals surface area (Å²) in [6.45, 7) is 42.6. The zero-order valence-corrected chi connectivity index (χ0v) is 42.7. The summed E-state index contributed by atoms with van der Waals surface area (Å²) in [6, 6.07) is 17.1. The number of phenolic OH excluding ortho intramolecular Hbond substituents is 4. The van der Waals surface area contributed by atoms with Crippen molar-refractivity contribution in [3.05, 3.63) is 115 Å². The van der Waals surface area contributed by atoms with Crippen LogP contribution in [0.3, 0.4) is 0 Å². The predicted octanol–water partition coefficient (Wildman–Crippen LogP) is 15.5. The van der Waals surface area contributed by atoms with Gasteiger partial charge in [0.05, 0.1) is 0 Å². The zero-order valence-electron chi connectivity index (χ0n) is 41.1. The van der Waals surface area contributed by atoms with Crippen LogP contribution in [0.25, 0.3) is 0 Å². The minimum atomic E-state index is -0.120. The highest BCUT2D eigenvalue weighted by Gasteiger charge is 2.29. The Balaban J connectivity index is 0.000000327. The number of phenols is 4. The summed E-state index contributed by atoms with van der Waals surface area (Å²) in [4.78, 5) is 0. The Morgan fingerprint density at radius 3 is 0.650 bits per heavy atom. The topological polar surface area (TPSA) is 80.9 Å². The van der Waals surface area contributed by atoms with E-state index >= 15 is 0 Å². The maximum absolute atomic E-state index is 11.0. The number of rotatable bonds is 8. The Morgan fingerprint density at radius 2 is 0.467 bits per heavy atom. The molecule has 0 spiro atoms. The van der Waals surface area contributed by atoms with Gasteiger partial charge in [-0.1, -0.05) is 173 Å². The highest BCUT2D eigenvalue weighted by Crippen LogP contribution is 2.43. The van der Waals surface area contributed by atoms with Crippen LogP contribution in [0.15, 0.2) is 48.5 Å². The second kappa shape index (κ2) is 18.6. The Kier molecular flexibility index (Phi) is 15.9. The van der Waals surface area contributed by atoms with Gasteiger partial charge in [0.15, 0.2) is 0 Å².